The molecular formula is C12H20N4O2. The molecule has 2 heterocycles. The van der Waals surface area contributed by atoms with Gasteiger partial charge in [-0.1, -0.05) is 0 Å². The van der Waals surface area contributed by atoms with Crippen molar-refractivity contribution in [1.82, 2.24) is 15.5 Å². The quantitative estimate of drug-likeness (QED) is 0.797. The minimum absolute atomic E-state index is 0.124. The summed E-state index contributed by atoms with van der Waals surface area (Å²) in [4.78, 5) is 0. The third kappa shape index (κ3) is 2.41. The number of nitrogens with one attached hydrogen (secondary N) is 1. The molecule has 3 rings (SSSR count). The molecule has 1 aromatic heterocycles. The average Bonchev–Trinajstić information content (AvgIpc) is 2.71. The van der Waals surface area contributed by atoms with Gasteiger partial charge in [0, 0.05) is 31.0 Å². The number of aromatic nitrogens is 2. The van der Waals surface area contributed by atoms with Crippen molar-refractivity contribution in [2.24, 2.45) is 11.7 Å². The van der Waals surface area contributed by atoms with Crippen molar-refractivity contribution < 1.29 is 9.15 Å². The van der Waals surface area contributed by atoms with Gasteiger partial charge in [-0.3, -0.25) is 0 Å². The predicted molar refractivity (Wildman–Crippen MR) is 65.0 cm³/mol. The van der Waals surface area contributed by atoms with Crippen LogP contribution in [0.3, 0.4) is 0 Å². The molecule has 1 atom stereocenters. The Morgan fingerprint density at radius 1 is 1.44 bits per heavy atom. The largest absolute Gasteiger partial charge is 0.422 e. The van der Waals surface area contributed by atoms with Gasteiger partial charge in [-0.2, -0.15) is 0 Å². The minimum atomic E-state index is -0.124. The summed E-state index contributed by atoms with van der Waals surface area (Å²) in [5.41, 5.74) is 5.76. The van der Waals surface area contributed by atoms with E-state index < -0.39 is 0 Å². The van der Waals surface area contributed by atoms with E-state index in [0.29, 0.717) is 29.7 Å². The van der Waals surface area contributed by atoms with E-state index in [1.807, 2.05) is 6.92 Å². The van der Waals surface area contributed by atoms with E-state index in [4.69, 9.17) is 14.9 Å². The molecule has 1 aliphatic carbocycles. The van der Waals surface area contributed by atoms with Crippen LogP contribution in [0.1, 0.15) is 43.6 Å². The molecule has 18 heavy (non-hydrogen) atoms. The van der Waals surface area contributed by atoms with Crippen molar-refractivity contribution in [1.29, 1.82) is 0 Å². The normalized spacial score (nSPS) is 29.7. The SMILES string of the molecule is C[C@@H](OCC1CNC1)c1nnc([C@H]2C[C@H](N)C2)o1. The van der Waals surface area contributed by atoms with E-state index in [-0.39, 0.29) is 6.10 Å². The van der Waals surface area contributed by atoms with Gasteiger partial charge >= 0.3 is 0 Å². The summed E-state index contributed by atoms with van der Waals surface area (Å²) in [7, 11) is 0. The van der Waals surface area contributed by atoms with E-state index in [9.17, 15) is 0 Å². The van der Waals surface area contributed by atoms with Gasteiger partial charge < -0.3 is 20.2 Å². The van der Waals surface area contributed by atoms with Crippen molar-refractivity contribution in [2.75, 3.05) is 19.7 Å². The molecule has 1 saturated carbocycles. The molecule has 0 aromatic carbocycles. The van der Waals surface area contributed by atoms with Crippen LogP contribution in [0.25, 0.3) is 0 Å². The van der Waals surface area contributed by atoms with E-state index in [0.717, 1.165) is 32.5 Å². The van der Waals surface area contributed by atoms with Crippen LogP contribution in [0, 0.1) is 5.92 Å². The molecule has 0 unspecified atom stereocenters. The zero-order valence-corrected chi connectivity index (χ0v) is 10.6. The summed E-state index contributed by atoms with van der Waals surface area (Å²) >= 11 is 0. The molecule has 2 aliphatic rings. The molecule has 6 nitrogen and oxygen atoms in total. The van der Waals surface area contributed by atoms with Crippen LogP contribution in [0.5, 0.6) is 0 Å². The van der Waals surface area contributed by atoms with Gasteiger partial charge in [-0.25, -0.2) is 0 Å². The Balaban J connectivity index is 1.51. The third-order valence-electron chi connectivity index (χ3n) is 3.78. The number of rotatable bonds is 5. The van der Waals surface area contributed by atoms with Crippen molar-refractivity contribution in [3.05, 3.63) is 11.8 Å². The van der Waals surface area contributed by atoms with Gasteiger partial charge in [-0.15, -0.1) is 10.2 Å². The fourth-order valence-electron chi connectivity index (χ4n) is 2.26. The molecule has 1 aliphatic heterocycles. The molecule has 1 aromatic rings. The van der Waals surface area contributed by atoms with Crippen LogP contribution in [-0.2, 0) is 4.74 Å². The van der Waals surface area contributed by atoms with Gasteiger partial charge in [0.2, 0.25) is 11.8 Å². The fraction of sp³-hybridized carbons (Fsp3) is 0.833. The van der Waals surface area contributed by atoms with Crippen LogP contribution in [-0.4, -0.2) is 35.9 Å². The molecule has 6 heteroatoms. The highest BCUT2D eigenvalue weighted by atomic mass is 16.5. The number of hydrogen-bond donors (Lipinski definition) is 2. The van der Waals surface area contributed by atoms with Crippen molar-refractivity contribution in [3.8, 4) is 0 Å². The van der Waals surface area contributed by atoms with E-state index in [1.165, 1.54) is 0 Å². The number of nitrogens with zero attached hydrogens (tertiary/aromatic N) is 2. The lowest BCUT2D eigenvalue weighted by Crippen LogP contribution is -2.44. The molecule has 0 bridgehead atoms. The molecule has 0 radical (unpaired) electrons. The highest BCUT2D eigenvalue weighted by molar-refractivity contribution is 5.02. The molecule has 1 saturated heterocycles. The van der Waals surface area contributed by atoms with Crippen LogP contribution in [0.15, 0.2) is 4.42 Å². The summed E-state index contributed by atoms with van der Waals surface area (Å²) in [6.45, 7) is 4.79. The summed E-state index contributed by atoms with van der Waals surface area (Å²) < 4.78 is 11.4. The Morgan fingerprint density at radius 2 is 2.22 bits per heavy atom. The Bertz CT molecular complexity index is 399. The molecular weight excluding hydrogens is 232 g/mol. The maximum atomic E-state index is 5.76. The Morgan fingerprint density at radius 3 is 2.83 bits per heavy atom. The monoisotopic (exact) mass is 252 g/mol. The molecule has 100 valence electrons. The number of hydrogen-bond acceptors (Lipinski definition) is 6. The zero-order valence-electron chi connectivity index (χ0n) is 10.6. The van der Waals surface area contributed by atoms with Gasteiger partial charge in [0.25, 0.3) is 0 Å². The second kappa shape index (κ2) is 4.95. The first kappa shape index (κ1) is 12.1. The second-order valence-electron chi connectivity index (χ2n) is 5.41. The lowest BCUT2D eigenvalue weighted by Gasteiger charge is -2.29. The lowest BCUT2D eigenvalue weighted by molar-refractivity contribution is 0.0114. The van der Waals surface area contributed by atoms with Crippen LogP contribution >= 0.6 is 0 Å². The van der Waals surface area contributed by atoms with Crippen LogP contribution in [0.4, 0.5) is 0 Å². The van der Waals surface area contributed by atoms with E-state index in [1.54, 1.807) is 0 Å². The number of nitrogens with two attached hydrogens (primary N) is 1. The first-order chi connectivity index (χ1) is 8.72. The Kier molecular flexibility index (Phi) is 3.32. The highest BCUT2D eigenvalue weighted by Crippen LogP contribution is 2.35. The van der Waals surface area contributed by atoms with Crippen LogP contribution in [0.2, 0.25) is 0 Å². The van der Waals surface area contributed by atoms with Crippen molar-refractivity contribution in [2.45, 2.75) is 37.8 Å². The van der Waals surface area contributed by atoms with Gasteiger partial charge in [0.15, 0.2) is 0 Å². The number of ether oxygens (including phenoxy) is 1. The molecule has 3 N–H and O–H groups in total. The third-order valence-corrected chi connectivity index (χ3v) is 3.78. The fourth-order valence-corrected chi connectivity index (χ4v) is 2.26. The maximum absolute atomic E-state index is 5.76. The topological polar surface area (TPSA) is 86.2 Å². The average molecular weight is 252 g/mol. The summed E-state index contributed by atoms with van der Waals surface area (Å²) in [6, 6.07) is 0.296. The predicted octanol–water partition coefficient (Wildman–Crippen LogP) is 0.571. The van der Waals surface area contributed by atoms with Crippen LogP contribution < -0.4 is 11.1 Å². The second-order valence-corrected chi connectivity index (χ2v) is 5.41. The van der Waals surface area contributed by atoms with E-state index in [2.05, 4.69) is 15.5 Å². The van der Waals surface area contributed by atoms with Crippen molar-refractivity contribution >= 4 is 0 Å². The van der Waals surface area contributed by atoms with Gasteiger partial charge in [0.05, 0.1) is 6.61 Å². The summed E-state index contributed by atoms with van der Waals surface area (Å²) in [5, 5.41) is 11.4. The first-order valence-corrected chi connectivity index (χ1v) is 6.63. The highest BCUT2D eigenvalue weighted by Gasteiger charge is 2.32. The minimum Gasteiger partial charge on any atom is -0.422 e. The maximum Gasteiger partial charge on any atom is 0.244 e. The standard InChI is InChI=1S/C12H20N4O2/c1-7(17-6-8-4-14-5-8)11-15-16-12(18-11)9-2-10(13)3-9/h7-10,14H,2-6,13H2,1H3/t7-,9-,10-/m1/s1. The zero-order chi connectivity index (χ0) is 12.5. The first-order valence-electron chi connectivity index (χ1n) is 6.63. The smallest absolute Gasteiger partial charge is 0.244 e. The lowest BCUT2D eigenvalue weighted by atomic mass is 9.81. The molecule has 0 amide bonds. The summed E-state index contributed by atoms with van der Waals surface area (Å²) in [6.07, 6.45) is 1.77. The molecule has 2 fully saturated rings. The Hall–Kier alpha value is -0.980. The van der Waals surface area contributed by atoms with Gasteiger partial charge in [-0.05, 0) is 19.8 Å². The van der Waals surface area contributed by atoms with Gasteiger partial charge in [0.1, 0.15) is 6.10 Å². The van der Waals surface area contributed by atoms with Crippen molar-refractivity contribution in [3.63, 3.8) is 0 Å². The van der Waals surface area contributed by atoms with E-state index >= 15 is 0 Å². The molecule has 0 spiro atoms. The summed E-state index contributed by atoms with van der Waals surface area (Å²) in [5.74, 6) is 2.27. The Labute approximate surface area is 106 Å².